The molecule has 0 saturated carbocycles. The second-order valence-corrected chi connectivity index (χ2v) is 6.83. The average molecular weight is 347 g/mol. The molecule has 2 saturated heterocycles. The molecule has 0 aliphatic carbocycles. The molecular weight excluding hydrogens is 321 g/mol. The number of benzene rings is 1. The maximum absolute atomic E-state index is 13.7. The molecule has 2 amide bonds. The predicted octanol–water partition coefficient (Wildman–Crippen LogP) is 1.52. The second-order valence-electron chi connectivity index (χ2n) is 6.83. The first-order valence-electron chi connectivity index (χ1n) is 9.15. The molecule has 2 aliphatic rings. The molecule has 0 unspecified atom stereocenters. The number of piperazine rings is 1. The molecule has 2 fully saturated rings. The molecule has 2 aliphatic heterocycles. The zero-order valence-corrected chi connectivity index (χ0v) is 14.6. The van der Waals surface area contributed by atoms with Crippen molar-refractivity contribution < 1.29 is 14.0 Å². The van der Waals surface area contributed by atoms with Crippen LogP contribution in [-0.2, 0) is 16.0 Å². The molecule has 0 aromatic heterocycles. The molecule has 3 rings (SSSR count). The number of hydrogen-bond donors (Lipinski definition) is 0. The third kappa shape index (κ3) is 4.78. The molecular formula is C19H26FN3O2. The van der Waals surface area contributed by atoms with Crippen molar-refractivity contribution in [2.75, 3.05) is 45.8 Å². The van der Waals surface area contributed by atoms with E-state index in [1.54, 1.807) is 23.1 Å². The number of likely N-dealkylation sites (tertiary alicyclic amines) is 1. The van der Waals surface area contributed by atoms with Gasteiger partial charge in [0, 0.05) is 39.1 Å². The van der Waals surface area contributed by atoms with Crippen molar-refractivity contribution in [1.82, 2.24) is 14.7 Å². The number of carbonyl (C=O) groups is 2. The molecule has 25 heavy (non-hydrogen) atoms. The minimum Gasteiger partial charge on any atom is -0.339 e. The van der Waals surface area contributed by atoms with Crippen LogP contribution in [0.1, 0.15) is 24.8 Å². The van der Waals surface area contributed by atoms with Crippen LogP contribution in [0.25, 0.3) is 0 Å². The highest BCUT2D eigenvalue weighted by Gasteiger charge is 2.25. The number of hydrogen-bond acceptors (Lipinski definition) is 3. The topological polar surface area (TPSA) is 43.9 Å². The Bertz CT molecular complexity index is 608. The van der Waals surface area contributed by atoms with Crippen LogP contribution in [0, 0.1) is 5.82 Å². The highest BCUT2D eigenvalue weighted by atomic mass is 19.1. The molecule has 0 radical (unpaired) electrons. The monoisotopic (exact) mass is 347 g/mol. The van der Waals surface area contributed by atoms with Crippen LogP contribution in [-0.4, -0.2) is 72.3 Å². The maximum atomic E-state index is 13.7. The quantitative estimate of drug-likeness (QED) is 0.811. The molecule has 1 aromatic rings. The second kappa shape index (κ2) is 8.43. The smallest absolute Gasteiger partial charge is 0.227 e. The van der Waals surface area contributed by atoms with Gasteiger partial charge >= 0.3 is 0 Å². The Kier molecular flexibility index (Phi) is 6.02. The molecule has 5 nitrogen and oxygen atoms in total. The van der Waals surface area contributed by atoms with E-state index in [0.717, 1.165) is 19.6 Å². The Morgan fingerprint density at radius 2 is 1.48 bits per heavy atom. The first kappa shape index (κ1) is 17.9. The molecule has 0 spiro atoms. The lowest BCUT2D eigenvalue weighted by Crippen LogP contribution is -2.51. The van der Waals surface area contributed by atoms with E-state index in [4.69, 9.17) is 0 Å². The lowest BCUT2D eigenvalue weighted by Gasteiger charge is -2.35. The standard InChI is InChI=1S/C19H26FN3O2/c20-17-6-2-1-5-16(17)15-19(25)23-13-11-22(12-14-23)18(24)7-10-21-8-3-4-9-21/h1-2,5-6H,3-4,7-15H2. The fraction of sp³-hybridized carbons (Fsp3) is 0.579. The average Bonchev–Trinajstić information content (AvgIpc) is 3.15. The van der Waals surface area contributed by atoms with Gasteiger partial charge in [0.15, 0.2) is 0 Å². The van der Waals surface area contributed by atoms with Crippen LogP contribution in [0.2, 0.25) is 0 Å². The van der Waals surface area contributed by atoms with Crippen molar-refractivity contribution in [2.45, 2.75) is 25.7 Å². The normalized spacial score (nSPS) is 18.6. The van der Waals surface area contributed by atoms with Gasteiger partial charge in [0.25, 0.3) is 0 Å². The highest BCUT2D eigenvalue weighted by Crippen LogP contribution is 2.12. The van der Waals surface area contributed by atoms with E-state index in [1.165, 1.54) is 18.9 Å². The van der Waals surface area contributed by atoms with Crippen molar-refractivity contribution >= 4 is 11.8 Å². The van der Waals surface area contributed by atoms with Crippen LogP contribution in [0.4, 0.5) is 4.39 Å². The summed E-state index contributed by atoms with van der Waals surface area (Å²) in [6.07, 6.45) is 3.10. The first-order chi connectivity index (χ1) is 12.1. The van der Waals surface area contributed by atoms with Crippen molar-refractivity contribution in [3.05, 3.63) is 35.6 Å². The van der Waals surface area contributed by atoms with Gasteiger partial charge in [-0.1, -0.05) is 18.2 Å². The lowest BCUT2D eigenvalue weighted by atomic mass is 10.1. The van der Waals surface area contributed by atoms with Gasteiger partial charge in [0.1, 0.15) is 5.82 Å². The van der Waals surface area contributed by atoms with E-state index >= 15 is 0 Å². The van der Waals surface area contributed by atoms with Gasteiger partial charge in [-0.2, -0.15) is 0 Å². The summed E-state index contributed by atoms with van der Waals surface area (Å²) in [4.78, 5) is 30.6. The van der Waals surface area contributed by atoms with E-state index in [9.17, 15) is 14.0 Å². The fourth-order valence-electron chi connectivity index (χ4n) is 3.54. The van der Waals surface area contributed by atoms with Gasteiger partial charge in [0.05, 0.1) is 6.42 Å². The van der Waals surface area contributed by atoms with Crippen LogP contribution in [0.15, 0.2) is 24.3 Å². The van der Waals surface area contributed by atoms with Gasteiger partial charge < -0.3 is 14.7 Å². The van der Waals surface area contributed by atoms with Crippen molar-refractivity contribution in [3.8, 4) is 0 Å². The van der Waals surface area contributed by atoms with Crippen LogP contribution >= 0.6 is 0 Å². The van der Waals surface area contributed by atoms with Gasteiger partial charge in [-0.15, -0.1) is 0 Å². The summed E-state index contributed by atoms with van der Waals surface area (Å²) in [5, 5.41) is 0. The zero-order valence-electron chi connectivity index (χ0n) is 14.6. The Morgan fingerprint density at radius 1 is 0.880 bits per heavy atom. The van der Waals surface area contributed by atoms with Gasteiger partial charge in [-0.3, -0.25) is 9.59 Å². The van der Waals surface area contributed by atoms with E-state index < -0.39 is 0 Å². The minimum absolute atomic E-state index is 0.0748. The first-order valence-corrected chi connectivity index (χ1v) is 9.15. The number of amides is 2. The number of rotatable bonds is 5. The largest absolute Gasteiger partial charge is 0.339 e. The van der Waals surface area contributed by atoms with Gasteiger partial charge in [0.2, 0.25) is 11.8 Å². The molecule has 2 heterocycles. The van der Waals surface area contributed by atoms with Crippen LogP contribution in [0.5, 0.6) is 0 Å². The summed E-state index contributed by atoms with van der Waals surface area (Å²) in [5.74, 6) is -0.242. The highest BCUT2D eigenvalue weighted by molar-refractivity contribution is 5.80. The van der Waals surface area contributed by atoms with E-state index in [-0.39, 0.29) is 24.1 Å². The SMILES string of the molecule is O=C(CCN1CCCC1)N1CCN(C(=O)Cc2ccccc2F)CC1. The molecule has 136 valence electrons. The Morgan fingerprint density at radius 3 is 2.12 bits per heavy atom. The molecule has 0 bridgehead atoms. The van der Waals surface area contributed by atoms with Crippen molar-refractivity contribution in [2.24, 2.45) is 0 Å². The predicted molar refractivity (Wildman–Crippen MR) is 93.6 cm³/mol. The summed E-state index contributed by atoms with van der Waals surface area (Å²) < 4.78 is 13.7. The zero-order chi connectivity index (χ0) is 17.6. The molecule has 0 atom stereocenters. The van der Waals surface area contributed by atoms with Gasteiger partial charge in [-0.25, -0.2) is 4.39 Å². The third-order valence-corrected chi connectivity index (χ3v) is 5.13. The summed E-state index contributed by atoms with van der Waals surface area (Å²) in [6, 6.07) is 6.38. The van der Waals surface area contributed by atoms with E-state index in [0.29, 0.717) is 38.2 Å². The Hall–Kier alpha value is -1.95. The number of carbonyl (C=O) groups excluding carboxylic acids is 2. The Balaban J connectivity index is 1.42. The minimum atomic E-state index is -0.341. The summed E-state index contributed by atoms with van der Waals surface area (Å²) in [5.41, 5.74) is 0.427. The Labute approximate surface area is 148 Å². The summed E-state index contributed by atoms with van der Waals surface area (Å²) >= 11 is 0. The third-order valence-electron chi connectivity index (χ3n) is 5.13. The summed E-state index contributed by atoms with van der Waals surface area (Å²) in [6.45, 7) is 5.25. The molecule has 6 heteroatoms. The molecule has 1 aromatic carbocycles. The van der Waals surface area contributed by atoms with Crippen LogP contribution in [0.3, 0.4) is 0 Å². The molecule has 0 N–H and O–H groups in total. The lowest BCUT2D eigenvalue weighted by molar-refractivity contribution is -0.139. The van der Waals surface area contributed by atoms with Crippen LogP contribution < -0.4 is 0 Å². The number of halogens is 1. The van der Waals surface area contributed by atoms with Crippen molar-refractivity contribution in [1.29, 1.82) is 0 Å². The van der Waals surface area contributed by atoms with E-state index in [2.05, 4.69) is 4.90 Å². The fourth-order valence-corrected chi connectivity index (χ4v) is 3.54. The van der Waals surface area contributed by atoms with Crippen molar-refractivity contribution in [3.63, 3.8) is 0 Å². The number of nitrogens with zero attached hydrogens (tertiary/aromatic N) is 3. The van der Waals surface area contributed by atoms with Gasteiger partial charge in [-0.05, 0) is 37.6 Å². The van der Waals surface area contributed by atoms with E-state index in [1.807, 2.05) is 4.90 Å². The summed E-state index contributed by atoms with van der Waals surface area (Å²) in [7, 11) is 0. The maximum Gasteiger partial charge on any atom is 0.227 e.